The van der Waals surface area contributed by atoms with Crippen LogP contribution in [0.3, 0.4) is 0 Å². The van der Waals surface area contributed by atoms with Crippen LogP contribution < -0.4 is 0 Å². The van der Waals surface area contributed by atoms with E-state index in [1.165, 1.54) is 51.4 Å². The zero-order valence-corrected chi connectivity index (χ0v) is 20.6. The number of allylic oxidation sites excluding steroid dienone is 1. The molecule has 4 aliphatic rings. The molecule has 0 aliphatic heterocycles. The topological polar surface area (TPSA) is 40.5 Å². The van der Waals surface area contributed by atoms with Crippen molar-refractivity contribution >= 4 is 0 Å². The first-order chi connectivity index (χ1) is 13.9. The fourth-order valence-electron chi connectivity index (χ4n) is 8.98. The van der Waals surface area contributed by atoms with Crippen LogP contribution in [0.4, 0.5) is 0 Å². The van der Waals surface area contributed by atoms with Crippen molar-refractivity contribution < 1.29 is 10.2 Å². The summed E-state index contributed by atoms with van der Waals surface area (Å²) in [5.74, 6) is 2.70. The molecule has 0 radical (unpaired) electrons. The maximum Gasteiger partial charge on any atom is 0.0603 e. The second-order valence-electron chi connectivity index (χ2n) is 13.1. The predicted octanol–water partition coefficient (Wildman–Crippen LogP) is 6.89. The lowest BCUT2D eigenvalue weighted by Crippen LogP contribution is -2.57. The molecule has 0 aromatic heterocycles. The minimum Gasteiger partial charge on any atom is -0.393 e. The standard InChI is InChI=1S/C28H48O2/c1-19-21-10-13-24-26(4,22(21)11-12-23(19)29)17-18-27(5)20(14-16-28(24,27)6)9-7-8-15-25(2,3)30/h10,19-20,22-24,29-30H,7-9,11-18H2,1-6H3/t19-,20?,22?,23+,24?,26+,27-,28+/m1/s1. The Morgan fingerprint density at radius 1 is 1.00 bits per heavy atom. The van der Waals surface area contributed by atoms with Crippen molar-refractivity contribution in [1.82, 2.24) is 0 Å². The van der Waals surface area contributed by atoms with E-state index in [0.717, 1.165) is 31.1 Å². The summed E-state index contributed by atoms with van der Waals surface area (Å²) < 4.78 is 0. The molecule has 2 nitrogen and oxygen atoms in total. The molecule has 0 amide bonds. The molecule has 0 spiro atoms. The summed E-state index contributed by atoms with van der Waals surface area (Å²) in [5, 5.41) is 20.5. The van der Waals surface area contributed by atoms with Gasteiger partial charge in [-0.05, 0) is 106 Å². The van der Waals surface area contributed by atoms with E-state index in [2.05, 4.69) is 33.8 Å². The Morgan fingerprint density at radius 3 is 2.43 bits per heavy atom. The summed E-state index contributed by atoms with van der Waals surface area (Å²) in [4.78, 5) is 0. The van der Waals surface area contributed by atoms with Gasteiger partial charge in [0.1, 0.15) is 0 Å². The summed E-state index contributed by atoms with van der Waals surface area (Å²) in [6.45, 7) is 14.1. The van der Waals surface area contributed by atoms with Gasteiger partial charge in [-0.1, -0.05) is 52.2 Å². The van der Waals surface area contributed by atoms with Gasteiger partial charge in [-0.25, -0.2) is 0 Å². The van der Waals surface area contributed by atoms with Crippen molar-refractivity contribution in [2.24, 2.45) is 39.9 Å². The van der Waals surface area contributed by atoms with E-state index in [4.69, 9.17) is 0 Å². The molecule has 4 aliphatic carbocycles. The number of aliphatic hydroxyl groups is 2. The SMILES string of the molecule is C[C@@H]1C2=CCC3[C@@](C)(CC[C@]4(C)C(CCCCC(C)(C)O)CC[C@@]34C)C2CC[C@@H]1O. The minimum atomic E-state index is -0.516. The summed E-state index contributed by atoms with van der Waals surface area (Å²) in [6.07, 6.45) is 16.1. The van der Waals surface area contributed by atoms with Crippen LogP contribution in [0.15, 0.2) is 11.6 Å². The van der Waals surface area contributed by atoms with Crippen molar-refractivity contribution in [3.05, 3.63) is 11.6 Å². The van der Waals surface area contributed by atoms with Gasteiger partial charge in [0.15, 0.2) is 0 Å². The van der Waals surface area contributed by atoms with Gasteiger partial charge < -0.3 is 10.2 Å². The monoisotopic (exact) mass is 416 g/mol. The second kappa shape index (κ2) is 7.62. The number of aliphatic hydroxyl groups excluding tert-OH is 1. The molecule has 4 rings (SSSR count). The Bertz CT molecular complexity index is 675. The van der Waals surface area contributed by atoms with Crippen molar-refractivity contribution in [3.8, 4) is 0 Å². The van der Waals surface area contributed by atoms with Gasteiger partial charge in [0.2, 0.25) is 0 Å². The van der Waals surface area contributed by atoms with Crippen LogP contribution in [0.1, 0.15) is 112 Å². The number of fused-ring (bicyclic) bond motifs is 5. The highest BCUT2D eigenvalue weighted by atomic mass is 16.3. The highest BCUT2D eigenvalue weighted by Gasteiger charge is 2.65. The lowest BCUT2D eigenvalue weighted by Gasteiger charge is -2.65. The van der Waals surface area contributed by atoms with Crippen LogP contribution in [0.2, 0.25) is 0 Å². The van der Waals surface area contributed by atoms with Gasteiger partial charge in [0.05, 0.1) is 11.7 Å². The highest BCUT2D eigenvalue weighted by Crippen LogP contribution is 2.74. The van der Waals surface area contributed by atoms with Crippen LogP contribution in [-0.2, 0) is 0 Å². The van der Waals surface area contributed by atoms with Gasteiger partial charge in [-0.3, -0.25) is 0 Å². The number of hydrogen-bond donors (Lipinski definition) is 2. The molecule has 0 aromatic rings. The zero-order chi connectivity index (χ0) is 21.9. The Balaban J connectivity index is 1.52. The maximum absolute atomic E-state index is 10.5. The van der Waals surface area contributed by atoms with E-state index >= 15 is 0 Å². The third kappa shape index (κ3) is 3.43. The van der Waals surface area contributed by atoms with Crippen LogP contribution in [-0.4, -0.2) is 21.9 Å². The molecule has 0 aromatic carbocycles. The molecular weight excluding hydrogens is 368 g/mol. The Labute approximate surface area is 185 Å². The highest BCUT2D eigenvalue weighted by molar-refractivity contribution is 5.27. The minimum absolute atomic E-state index is 0.128. The maximum atomic E-state index is 10.5. The van der Waals surface area contributed by atoms with Crippen molar-refractivity contribution in [1.29, 1.82) is 0 Å². The normalized spacial score (nSPS) is 48.5. The molecule has 3 saturated carbocycles. The molecule has 0 bridgehead atoms. The second-order valence-corrected chi connectivity index (χ2v) is 13.1. The molecule has 8 atom stereocenters. The summed E-state index contributed by atoms with van der Waals surface area (Å²) in [5.41, 5.74) is 2.42. The number of rotatable bonds is 5. The van der Waals surface area contributed by atoms with Crippen LogP contribution in [0.25, 0.3) is 0 Å². The Morgan fingerprint density at radius 2 is 1.73 bits per heavy atom. The average molecular weight is 417 g/mol. The van der Waals surface area contributed by atoms with Gasteiger partial charge in [-0.15, -0.1) is 0 Å². The molecule has 0 heterocycles. The lowest BCUT2D eigenvalue weighted by molar-refractivity contribution is -0.137. The zero-order valence-electron chi connectivity index (χ0n) is 20.6. The lowest BCUT2D eigenvalue weighted by atomic mass is 9.40. The molecule has 0 saturated heterocycles. The van der Waals surface area contributed by atoms with E-state index in [1.807, 2.05) is 13.8 Å². The average Bonchev–Trinajstić information content (AvgIpc) is 2.92. The van der Waals surface area contributed by atoms with Gasteiger partial charge in [0, 0.05) is 5.92 Å². The summed E-state index contributed by atoms with van der Waals surface area (Å²) in [6, 6.07) is 0. The van der Waals surface area contributed by atoms with E-state index in [1.54, 1.807) is 5.57 Å². The molecule has 172 valence electrons. The van der Waals surface area contributed by atoms with E-state index in [-0.39, 0.29) is 6.10 Å². The van der Waals surface area contributed by atoms with Crippen molar-refractivity contribution in [2.75, 3.05) is 0 Å². The van der Waals surface area contributed by atoms with Crippen LogP contribution in [0, 0.1) is 39.9 Å². The number of hydrogen-bond acceptors (Lipinski definition) is 2. The molecule has 30 heavy (non-hydrogen) atoms. The molecule has 3 unspecified atom stereocenters. The fraction of sp³-hybridized carbons (Fsp3) is 0.929. The smallest absolute Gasteiger partial charge is 0.0603 e. The first-order valence-electron chi connectivity index (χ1n) is 13.0. The van der Waals surface area contributed by atoms with Gasteiger partial charge in [0.25, 0.3) is 0 Å². The van der Waals surface area contributed by atoms with Crippen LogP contribution >= 0.6 is 0 Å². The predicted molar refractivity (Wildman–Crippen MR) is 125 cm³/mol. The van der Waals surface area contributed by atoms with Crippen molar-refractivity contribution in [2.45, 2.75) is 124 Å². The fourth-order valence-corrected chi connectivity index (χ4v) is 8.98. The van der Waals surface area contributed by atoms with E-state index in [0.29, 0.717) is 28.1 Å². The van der Waals surface area contributed by atoms with E-state index in [9.17, 15) is 10.2 Å². The summed E-state index contributed by atoms with van der Waals surface area (Å²) >= 11 is 0. The Hall–Kier alpha value is -0.340. The first-order valence-corrected chi connectivity index (χ1v) is 13.0. The quantitative estimate of drug-likeness (QED) is 0.378. The van der Waals surface area contributed by atoms with E-state index < -0.39 is 5.60 Å². The summed E-state index contributed by atoms with van der Waals surface area (Å²) in [7, 11) is 0. The van der Waals surface area contributed by atoms with Crippen molar-refractivity contribution in [3.63, 3.8) is 0 Å². The third-order valence-corrected chi connectivity index (χ3v) is 11.2. The molecule has 2 heteroatoms. The molecule has 3 fully saturated rings. The first kappa shape index (κ1) is 22.8. The Kier molecular flexibility index (Phi) is 5.80. The van der Waals surface area contributed by atoms with Crippen LogP contribution in [0.5, 0.6) is 0 Å². The largest absolute Gasteiger partial charge is 0.393 e. The number of unbranched alkanes of at least 4 members (excludes halogenated alkanes) is 1. The molecular formula is C28H48O2. The van der Waals surface area contributed by atoms with Gasteiger partial charge in [-0.2, -0.15) is 0 Å². The molecule has 2 N–H and O–H groups in total. The van der Waals surface area contributed by atoms with Gasteiger partial charge >= 0.3 is 0 Å². The third-order valence-electron chi connectivity index (χ3n) is 11.2.